The molecule has 1 unspecified atom stereocenters. The number of aromatic nitrogens is 3. The number of benzene rings is 1. The van der Waals surface area contributed by atoms with Crippen molar-refractivity contribution in [2.75, 3.05) is 46.9 Å². The van der Waals surface area contributed by atoms with Crippen molar-refractivity contribution in [3.63, 3.8) is 0 Å². The number of amides is 1. The van der Waals surface area contributed by atoms with Gasteiger partial charge in [-0.15, -0.1) is 0 Å². The van der Waals surface area contributed by atoms with Crippen LogP contribution in [0.15, 0.2) is 30.9 Å². The fourth-order valence-corrected chi connectivity index (χ4v) is 3.97. The molecule has 0 saturated carbocycles. The van der Waals surface area contributed by atoms with Crippen molar-refractivity contribution in [3.05, 3.63) is 42.0 Å². The lowest BCUT2D eigenvalue weighted by atomic mass is 10.1. The van der Waals surface area contributed by atoms with Gasteiger partial charge < -0.3 is 9.64 Å². The molecule has 2 aliphatic rings. The van der Waals surface area contributed by atoms with E-state index in [1.165, 1.54) is 11.9 Å². The normalized spacial score (nSPS) is 21.3. The molecule has 1 aromatic heterocycles. The number of hydrogen-bond donors (Lipinski definition) is 0. The molecule has 144 valence electrons. The Balaban J connectivity index is 1.47. The molecule has 1 atom stereocenters. The number of piperazine rings is 2. The van der Waals surface area contributed by atoms with Gasteiger partial charge in [0.2, 0.25) is 5.91 Å². The van der Waals surface area contributed by atoms with Gasteiger partial charge >= 0.3 is 0 Å². The molecule has 2 aromatic rings. The highest BCUT2D eigenvalue weighted by Crippen LogP contribution is 2.23. The van der Waals surface area contributed by atoms with Crippen LogP contribution < -0.4 is 4.74 Å². The second-order valence-corrected chi connectivity index (χ2v) is 7.29. The van der Waals surface area contributed by atoms with Crippen LogP contribution in [0.1, 0.15) is 11.1 Å². The van der Waals surface area contributed by atoms with Crippen LogP contribution in [0.2, 0.25) is 0 Å². The highest BCUT2D eigenvalue weighted by molar-refractivity contribution is 5.82. The third kappa shape index (κ3) is 3.81. The minimum atomic E-state index is -0.00892. The van der Waals surface area contributed by atoms with Gasteiger partial charge in [0, 0.05) is 51.9 Å². The summed E-state index contributed by atoms with van der Waals surface area (Å²) in [5.74, 6) is 1.09. The number of likely N-dealkylation sites (N-methyl/N-ethyl adjacent to an activating group) is 1. The van der Waals surface area contributed by atoms with E-state index in [1.54, 1.807) is 18.1 Å². The molecule has 2 aliphatic heterocycles. The van der Waals surface area contributed by atoms with E-state index in [0.717, 1.165) is 50.6 Å². The average molecular weight is 370 g/mol. The third-order valence-electron chi connectivity index (χ3n) is 5.51. The van der Waals surface area contributed by atoms with Gasteiger partial charge in [-0.05, 0) is 17.7 Å². The van der Waals surface area contributed by atoms with Crippen molar-refractivity contribution in [3.8, 4) is 5.75 Å². The van der Waals surface area contributed by atoms with Gasteiger partial charge in [-0.3, -0.25) is 14.6 Å². The highest BCUT2D eigenvalue weighted by atomic mass is 16.5. The number of rotatable bonds is 5. The molecule has 3 heterocycles. The molecule has 8 nitrogen and oxygen atoms in total. The van der Waals surface area contributed by atoms with Crippen molar-refractivity contribution >= 4 is 5.91 Å². The number of carbonyl (C=O) groups is 1. The van der Waals surface area contributed by atoms with Gasteiger partial charge in [-0.2, -0.15) is 5.10 Å². The van der Waals surface area contributed by atoms with Crippen LogP contribution in [0, 0.1) is 0 Å². The van der Waals surface area contributed by atoms with E-state index in [2.05, 4.69) is 32.0 Å². The van der Waals surface area contributed by atoms with Gasteiger partial charge in [-0.1, -0.05) is 6.07 Å². The zero-order chi connectivity index (χ0) is 18.8. The lowest BCUT2D eigenvalue weighted by molar-refractivity contribution is -0.143. The summed E-state index contributed by atoms with van der Waals surface area (Å²) in [6.07, 6.45) is 3.24. The van der Waals surface area contributed by atoms with Gasteiger partial charge in [0.1, 0.15) is 24.4 Å². The van der Waals surface area contributed by atoms with Crippen LogP contribution in [0.3, 0.4) is 0 Å². The number of ether oxygens (including phenoxy) is 1. The molecule has 4 rings (SSSR count). The topological polar surface area (TPSA) is 66.7 Å². The van der Waals surface area contributed by atoms with Crippen molar-refractivity contribution in [1.82, 2.24) is 29.5 Å². The Hall–Kier alpha value is -2.45. The molecule has 2 fully saturated rings. The molecule has 0 radical (unpaired) electrons. The van der Waals surface area contributed by atoms with Crippen LogP contribution in [0.4, 0.5) is 0 Å². The SMILES string of the molecule is COc1ccc(CN2CCN3CCN(C)C(=O)C3C2)cc1Cn1cncn1. The number of methoxy groups -OCH3 is 1. The fourth-order valence-electron chi connectivity index (χ4n) is 3.97. The summed E-state index contributed by atoms with van der Waals surface area (Å²) in [4.78, 5) is 23.1. The number of carbonyl (C=O) groups excluding carboxylic acids is 1. The first-order valence-corrected chi connectivity index (χ1v) is 9.33. The minimum Gasteiger partial charge on any atom is -0.496 e. The van der Waals surface area contributed by atoms with Gasteiger partial charge in [0.25, 0.3) is 0 Å². The van der Waals surface area contributed by atoms with Crippen LogP contribution in [-0.4, -0.2) is 88.3 Å². The quantitative estimate of drug-likeness (QED) is 0.754. The maximum atomic E-state index is 12.5. The summed E-state index contributed by atoms with van der Waals surface area (Å²) < 4.78 is 7.29. The zero-order valence-electron chi connectivity index (χ0n) is 15.9. The summed E-state index contributed by atoms with van der Waals surface area (Å²) in [6.45, 7) is 5.98. The molecule has 0 aliphatic carbocycles. The van der Waals surface area contributed by atoms with Crippen LogP contribution >= 0.6 is 0 Å². The Bertz CT molecular complexity index is 794. The molecule has 8 heteroatoms. The van der Waals surface area contributed by atoms with Gasteiger partial charge in [0.05, 0.1) is 13.7 Å². The summed E-state index contributed by atoms with van der Waals surface area (Å²) in [7, 11) is 3.59. The van der Waals surface area contributed by atoms with Crippen molar-refractivity contribution in [2.24, 2.45) is 0 Å². The lowest BCUT2D eigenvalue weighted by Gasteiger charge is -2.45. The first kappa shape index (κ1) is 17.9. The third-order valence-corrected chi connectivity index (χ3v) is 5.51. The largest absolute Gasteiger partial charge is 0.496 e. The van der Waals surface area contributed by atoms with E-state index in [1.807, 2.05) is 18.0 Å². The second-order valence-electron chi connectivity index (χ2n) is 7.29. The van der Waals surface area contributed by atoms with Crippen molar-refractivity contribution in [2.45, 2.75) is 19.1 Å². The minimum absolute atomic E-state index is 0.00892. The molecule has 0 bridgehead atoms. The summed E-state index contributed by atoms with van der Waals surface area (Å²) >= 11 is 0. The van der Waals surface area contributed by atoms with E-state index in [9.17, 15) is 4.79 Å². The highest BCUT2D eigenvalue weighted by Gasteiger charge is 2.37. The second kappa shape index (κ2) is 7.66. The van der Waals surface area contributed by atoms with Crippen molar-refractivity contribution in [1.29, 1.82) is 0 Å². The maximum absolute atomic E-state index is 12.5. The zero-order valence-corrected chi connectivity index (χ0v) is 15.9. The van der Waals surface area contributed by atoms with Crippen LogP contribution in [0.5, 0.6) is 5.75 Å². The predicted molar refractivity (Wildman–Crippen MR) is 100 cm³/mol. The molecule has 0 N–H and O–H groups in total. The molecule has 0 spiro atoms. The van der Waals surface area contributed by atoms with Crippen LogP contribution in [-0.2, 0) is 17.9 Å². The van der Waals surface area contributed by atoms with E-state index >= 15 is 0 Å². The molecule has 27 heavy (non-hydrogen) atoms. The molecule has 1 aromatic carbocycles. The van der Waals surface area contributed by atoms with Crippen molar-refractivity contribution < 1.29 is 9.53 Å². The summed E-state index contributed by atoms with van der Waals surface area (Å²) in [5, 5.41) is 4.18. The predicted octanol–water partition coefficient (Wildman–Crippen LogP) is 0.293. The Kier molecular flexibility index (Phi) is 5.09. The Morgan fingerprint density at radius 1 is 1.19 bits per heavy atom. The molecule has 1 amide bonds. The summed E-state index contributed by atoms with van der Waals surface area (Å²) in [5.41, 5.74) is 2.29. The van der Waals surface area contributed by atoms with E-state index < -0.39 is 0 Å². The fraction of sp³-hybridized carbons (Fsp3) is 0.526. The smallest absolute Gasteiger partial charge is 0.241 e. The summed E-state index contributed by atoms with van der Waals surface area (Å²) in [6, 6.07) is 6.27. The lowest BCUT2D eigenvalue weighted by Crippen LogP contribution is -2.63. The van der Waals surface area contributed by atoms with E-state index in [4.69, 9.17) is 4.74 Å². The van der Waals surface area contributed by atoms with E-state index in [-0.39, 0.29) is 11.9 Å². The molecular weight excluding hydrogens is 344 g/mol. The monoisotopic (exact) mass is 370 g/mol. The maximum Gasteiger partial charge on any atom is 0.241 e. The Labute approximate surface area is 159 Å². The van der Waals surface area contributed by atoms with E-state index in [0.29, 0.717) is 6.54 Å². The average Bonchev–Trinajstić information content (AvgIpc) is 3.18. The number of fused-ring (bicyclic) bond motifs is 1. The molecule has 2 saturated heterocycles. The van der Waals surface area contributed by atoms with Gasteiger partial charge in [0.15, 0.2) is 0 Å². The first-order chi connectivity index (χ1) is 13.1. The Morgan fingerprint density at radius 2 is 2.04 bits per heavy atom. The van der Waals surface area contributed by atoms with Gasteiger partial charge in [-0.25, -0.2) is 9.67 Å². The number of hydrogen-bond acceptors (Lipinski definition) is 6. The number of nitrogens with zero attached hydrogens (tertiary/aromatic N) is 6. The Morgan fingerprint density at radius 3 is 2.81 bits per heavy atom. The standard InChI is InChI=1S/C19H26N6O2/c1-22-5-7-24-8-6-23(12-17(24)19(22)26)10-15-3-4-18(27-2)16(9-15)11-25-14-20-13-21-25/h3-4,9,13-14,17H,5-8,10-12H2,1-2H3. The first-order valence-electron chi connectivity index (χ1n) is 9.33. The molecular formula is C19H26N6O2. The van der Waals surface area contributed by atoms with Crippen LogP contribution in [0.25, 0.3) is 0 Å².